The zero-order valence-corrected chi connectivity index (χ0v) is 10.3. The van der Waals surface area contributed by atoms with Crippen molar-refractivity contribution in [2.45, 2.75) is 26.7 Å². The number of nitrogens with one attached hydrogen (secondary N) is 1. The number of rotatable bonds is 4. The van der Waals surface area contributed by atoms with E-state index >= 15 is 0 Å². The summed E-state index contributed by atoms with van der Waals surface area (Å²) in [6.45, 7) is 6.08. The second-order valence-corrected chi connectivity index (χ2v) is 4.30. The van der Waals surface area contributed by atoms with Crippen LogP contribution in [-0.2, 0) is 0 Å². The first-order valence-corrected chi connectivity index (χ1v) is 5.49. The van der Waals surface area contributed by atoms with Crippen LogP contribution in [0.3, 0.4) is 0 Å². The van der Waals surface area contributed by atoms with Crippen LogP contribution in [-0.4, -0.2) is 24.5 Å². The third-order valence-electron chi connectivity index (χ3n) is 2.65. The van der Waals surface area contributed by atoms with E-state index in [-0.39, 0.29) is 24.0 Å². The number of phenols is 1. The number of aryl methyl sites for hydroxylation is 1. The highest BCUT2D eigenvalue weighted by Gasteiger charge is 2.18. The molecule has 3 nitrogen and oxygen atoms in total. The molecule has 0 aromatic heterocycles. The molecule has 0 amide bonds. The van der Waals surface area contributed by atoms with Gasteiger partial charge in [-0.2, -0.15) is 0 Å². The van der Waals surface area contributed by atoms with Crippen molar-refractivity contribution in [3.8, 4) is 5.75 Å². The third-order valence-corrected chi connectivity index (χ3v) is 2.65. The average molecular weight is 221 g/mol. The molecule has 0 aliphatic rings. The third kappa shape index (κ3) is 2.42. The van der Waals surface area contributed by atoms with E-state index in [1.54, 1.807) is 14.0 Å². The molecule has 0 aliphatic heterocycles. The number of carbonyl (C=O) groups excluding carboxylic acids is 1. The fraction of sp³-hybridized carbons (Fsp3) is 0.462. The van der Waals surface area contributed by atoms with E-state index in [0.29, 0.717) is 5.56 Å². The molecule has 1 rings (SSSR count). The number of hydrogen-bond donors (Lipinski definition) is 2. The Hall–Kier alpha value is -1.35. The zero-order chi connectivity index (χ0) is 12.3. The van der Waals surface area contributed by atoms with Gasteiger partial charge in [0, 0.05) is 0 Å². The normalized spacial score (nSPS) is 10.8. The second-order valence-electron chi connectivity index (χ2n) is 4.30. The fourth-order valence-corrected chi connectivity index (χ4v) is 1.73. The van der Waals surface area contributed by atoms with Crippen LogP contribution in [0.4, 0.5) is 0 Å². The summed E-state index contributed by atoms with van der Waals surface area (Å²) in [5.74, 6) is 0.279. The SMILES string of the molecule is CNCC(=O)c1c(C(C)C)ccc(C)c1O. The van der Waals surface area contributed by atoms with Gasteiger partial charge in [-0.15, -0.1) is 0 Å². The van der Waals surface area contributed by atoms with Gasteiger partial charge in [0.1, 0.15) is 5.75 Å². The van der Waals surface area contributed by atoms with Crippen molar-refractivity contribution in [2.75, 3.05) is 13.6 Å². The number of aromatic hydroxyl groups is 1. The molecule has 16 heavy (non-hydrogen) atoms. The van der Waals surface area contributed by atoms with Gasteiger partial charge in [-0.05, 0) is 31.0 Å². The molecule has 88 valence electrons. The topological polar surface area (TPSA) is 49.3 Å². The lowest BCUT2D eigenvalue weighted by Crippen LogP contribution is -2.20. The lowest BCUT2D eigenvalue weighted by atomic mass is 9.92. The van der Waals surface area contributed by atoms with Gasteiger partial charge in [0.15, 0.2) is 5.78 Å². The molecule has 0 saturated carbocycles. The van der Waals surface area contributed by atoms with Crippen LogP contribution >= 0.6 is 0 Å². The summed E-state index contributed by atoms with van der Waals surface area (Å²) >= 11 is 0. The van der Waals surface area contributed by atoms with E-state index in [1.807, 2.05) is 26.0 Å². The molecule has 0 radical (unpaired) electrons. The quantitative estimate of drug-likeness (QED) is 0.766. The van der Waals surface area contributed by atoms with E-state index in [2.05, 4.69) is 5.32 Å². The monoisotopic (exact) mass is 221 g/mol. The van der Waals surface area contributed by atoms with Gasteiger partial charge < -0.3 is 10.4 Å². The van der Waals surface area contributed by atoms with Crippen LogP contribution in [0.2, 0.25) is 0 Å². The molecule has 0 bridgehead atoms. The van der Waals surface area contributed by atoms with Gasteiger partial charge in [0.2, 0.25) is 0 Å². The molecular formula is C13H19NO2. The van der Waals surface area contributed by atoms with Crippen molar-refractivity contribution in [1.82, 2.24) is 5.32 Å². The molecule has 0 saturated heterocycles. The minimum absolute atomic E-state index is 0.0626. The standard InChI is InChI=1S/C13H19NO2/c1-8(2)10-6-5-9(3)13(16)12(10)11(15)7-14-4/h5-6,8,14,16H,7H2,1-4H3. The van der Waals surface area contributed by atoms with Crippen LogP contribution in [0.5, 0.6) is 5.75 Å². The fourth-order valence-electron chi connectivity index (χ4n) is 1.73. The van der Waals surface area contributed by atoms with Crippen LogP contribution in [0, 0.1) is 6.92 Å². The molecule has 2 N–H and O–H groups in total. The Labute approximate surface area is 96.5 Å². The smallest absolute Gasteiger partial charge is 0.180 e. The van der Waals surface area contributed by atoms with Crippen LogP contribution in [0.15, 0.2) is 12.1 Å². The first-order chi connectivity index (χ1) is 7.49. The van der Waals surface area contributed by atoms with Crippen LogP contribution in [0.1, 0.15) is 41.3 Å². The number of benzene rings is 1. The number of phenolic OH excluding ortho intramolecular Hbond substituents is 1. The number of carbonyl (C=O) groups is 1. The predicted molar refractivity (Wildman–Crippen MR) is 65.2 cm³/mol. The lowest BCUT2D eigenvalue weighted by molar-refractivity contribution is 0.0989. The Kier molecular flexibility index (Phi) is 4.07. The Bertz CT molecular complexity index is 397. The largest absolute Gasteiger partial charge is 0.507 e. The Morgan fingerprint density at radius 3 is 2.56 bits per heavy atom. The zero-order valence-electron chi connectivity index (χ0n) is 10.3. The van der Waals surface area contributed by atoms with Crippen molar-refractivity contribution in [3.63, 3.8) is 0 Å². The summed E-state index contributed by atoms with van der Waals surface area (Å²) in [5.41, 5.74) is 2.11. The van der Waals surface area contributed by atoms with Crippen molar-refractivity contribution in [2.24, 2.45) is 0 Å². The molecule has 0 atom stereocenters. The summed E-state index contributed by atoms with van der Waals surface area (Å²) in [6, 6.07) is 3.77. The van der Waals surface area contributed by atoms with Crippen LogP contribution < -0.4 is 5.32 Å². The molecule has 0 spiro atoms. The Balaban J connectivity index is 3.31. The first-order valence-electron chi connectivity index (χ1n) is 5.49. The minimum Gasteiger partial charge on any atom is -0.507 e. The van der Waals surface area contributed by atoms with E-state index in [0.717, 1.165) is 11.1 Å². The molecule has 0 unspecified atom stereocenters. The first kappa shape index (κ1) is 12.7. The van der Waals surface area contributed by atoms with Gasteiger partial charge in [0.05, 0.1) is 12.1 Å². The van der Waals surface area contributed by atoms with Gasteiger partial charge in [-0.25, -0.2) is 0 Å². The highest BCUT2D eigenvalue weighted by Crippen LogP contribution is 2.30. The molecule has 1 aromatic carbocycles. The highest BCUT2D eigenvalue weighted by molar-refractivity contribution is 6.01. The van der Waals surface area contributed by atoms with Gasteiger partial charge in [0.25, 0.3) is 0 Å². The van der Waals surface area contributed by atoms with E-state index in [9.17, 15) is 9.90 Å². The molecule has 1 aromatic rings. The summed E-state index contributed by atoms with van der Waals surface area (Å²) in [5, 5.41) is 12.8. The lowest BCUT2D eigenvalue weighted by Gasteiger charge is -2.15. The van der Waals surface area contributed by atoms with Crippen LogP contribution in [0.25, 0.3) is 0 Å². The molecular weight excluding hydrogens is 202 g/mol. The number of hydrogen-bond acceptors (Lipinski definition) is 3. The van der Waals surface area contributed by atoms with E-state index < -0.39 is 0 Å². The van der Waals surface area contributed by atoms with Crippen molar-refractivity contribution in [1.29, 1.82) is 0 Å². The second kappa shape index (κ2) is 5.12. The average Bonchev–Trinajstić information content (AvgIpc) is 2.21. The summed E-state index contributed by atoms with van der Waals surface area (Å²) in [4.78, 5) is 11.9. The maximum atomic E-state index is 11.9. The number of ketones is 1. The summed E-state index contributed by atoms with van der Waals surface area (Å²) in [7, 11) is 1.72. The number of likely N-dealkylation sites (N-methyl/N-ethyl adjacent to an activating group) is 1. The number of Topliss-reactive ketones (excluding diaryl/α,β-unsaturated/α-hetero) is 1. The van der Waals surface area contributed by atoms with Crippen molar-refractivity contribution in [3.05, 3.63) is 28.8 Å². The maximum Gasteiger partial charge on any atom is 0.180 e. The molecule has 0 fully saturated rings. The highest BCUT2D eigenvalue weighted by atomic mass is 16.3. The maximum absolute atomic E-state index is 11.9. The van der Waals surface area contributed by atoms with Gasteiger partial charge in [-0.3, -0.25) is 4.79 Å². The van der Waals surface area contributed by atoms with Gasteiger partial charge in [-0.1, -0.05) is 26.0 Å². The van der Waals surface area contributed by atoms with Crippen molar-refractivity contribution >= 4 is 5.78 Å². The van der Waals surface area contributed by atoms with Gasteiger partial charge >= 0.3 is 0 Å². The molecule has 3 heteroatoms. The van der Waals surface area contributed by atoms with E-state index in [4.69, 9.17) is 0 Å². The Morgan fingerprint density at radius 1 is 1.44 bits per heavy atom. The Morgan fingerprint density at radius 2 is 2.06 bits per heavy atom. The molecule has 0 aliphatic carbocycles. The summed E-state index contributed by atoms with van der Waals surface area (Å²) < 4.78 is 0. The van der Waals surface area contributed by atoms with Crippen molar-refractivity contribution < 1.29 is 9.90 Å². The van der Waals surface area contributed by atoms with E-state index in [1.165, 1.54) is 0 Å². The molecule has 0 heterocycles. The summed E-state index contributed by atoms with van der Waals surface area (Å²) in [6.07, 6.45) is 0. The minimum atomic E-state index is -0.0626. The predicted octanol–water partition coefficient (Wildman–Crippen LogP) is 2.23.